The van der Waals surface area contributed by atoms with Crippen molar-refractivity contribution in [3.63, 3.8) is 0 Å². The van der Waals surface area contributed by atoms with Gasteiger partial charge >= 0.3 is 5.97 Å². The molecule has 0 aromatic carbocycles. The van der Waals surface area contributed by atoms with Crippen LogP contribution in [0.5, 0.6) is 0 Å². The predicted molar refractivity (Wildman–Crippen MR) is 259 cm³/mol. The fourth-order valence-electron chi connectivity index (χ4n) is 14.3. The summed E-state index contributed by atoms with van der Waals surface area (Å²) in [5, 5.41) is 131. The number of rotatable bonds is 16. The summed E-state index contributed by atoms with van der Waals surface area (Å²) in [5.74, 6) is -1.70. The zero-order valence-corrected chi connectivity index (χ0v) is 44.7. The quantitative estimate of drug-likeness (QED) is 0.0614. The van der Waals surface area contributed by atoms with E-state index in [1.807, 2.05) is 13.8 Å². The molecule has 3 saturated carbocycles. The van der Waals surface area contributed by atoms with E-state index in [0.717, 1.165) is 12.0 Å². The summed E-state index contributed by atoms with van der Waals surface area (Å²) in [5.41, 5.74) is -0.445. The smallest absolute Gasteiger partial charge is 0.302 e. The molecule has 23 nitrogen and oxygen atoms in total. The Hall–Kier alpha value is -1.92. The molecule has 76 heavy (non-hydrogen) atoms. The number of allylic oxidation sites excluding steroid dienone is 1. The maximum atomic E-state index is 15.2. The molecule has 8 rings (SSSR count). The number of ether oxygens (including phenoxy) is 9. The van der Waals surface area contributed by atoms with Gasteiger partial charge in [0.15, 0.2) is 25.2 Å². The molecule has 0 spiro atoms. The largest absolute Gasteiger partial charge is 0.463 e. The van der Waals surface area contributed by atoms with Crippen LogP contribution in [0.4, 0.5) is 0 Å². The zero-order valence-electron chi connectivity index (χ0n) is 44.7. The Labute approximate surface area is 443 Å². The van der Waals surface area contributed by atoms with E-state index in [-0.39, 0.29) is 30.0 Å². The zero-order chi connectivity index (χ0) is 55.6. The number of carbonyl (C=O) groups excluding carboxylic acids is 2. The lowest BCUT2D eigenvalue weighted by atomic mass is 9.46. The highest BCUT2D eigenvalue weighted by molar-refractivity contribution is 5.87. The van der Waals surface area contributed by atoms with E-state index in [1.54, 1.807) is 0 Å². The molecule has 7 fully saturated rings. The summed E-state index contributed by atoms with van der Waals surface area (Å²) >= 11 is 0. The van der Waals surface area contributed by atoms with Gasteiger partial charge in [-0.3, -0.25) is 9.59 Å². The number of Topliss-reactive ketones (excluding diaryl/α,β-unsaturated/α-hetero) is 1. The van der Waals surface area contributed by atoms with Crippen molar-refractivity contribution in [3.8, 4) is 0 Å². The van der Waals surface area contributed by atoms with E-state index in [4.69, 9.17) is 42.6 Å². The molecule has 23 heteroatoms. The summed E-state index contributed by atoms with van der Waals surface area (Å²) in [7, 11) is 0. The molecule has 4 aliphatic carbocycles. The van der Waals surface area contributed by atoms with Crippen molar-refractivity contribution in [1.29, 1.82) is 0 Å². The number of fused-ring (bicyclic) bond motifs is 5. The van der Waals surface area contributed by atoms with Gasteiger partial charge in [0, 0.05) is 24.7 Å². The SMILES string of the molecule is CC(=O)OC[C@H]1O[C@@H](O[C@H]2C[C@H]3[C@@H]4CC=C5C[C@@H](O[C@@H]6O[C@H](CO)[C@@H](O[C@@H]7O[C@@H](C)[C@H](O)[C@@H](O)[C@H]7O)[C@H](O)[C@H]6O[C@@H]6O[C@@H](C)[C@H](O)[C@@H](O)[C@H]6O)CC[C@]5(C)[C@H]4CC(=O)[C@]3(C)[C@H]2[C@H](C)[C@@H](O)CCC(C)C)[C@H](O)[C@@H](O)[C@@H]1O. The first-order valence-corrected chi connectivity index (χ1v) is 27.4. The summed E-state index contributed by atoms with van der Waals surface area (Å²) in [6.07, 6.45) is -26.8. The summed E-state index contributed by atoms with van der Waals surface area (Å²) < 4.78 is 54.3. The van der Waals surface area contributed by atoms with Crippen molar-refractivity contribution in [2.24, 2.45) is 46.3 Å². The van der Waals surface area contributed by atoms with Crippen LogP contribution >= 0.6 is 0 Å². The molecule has 4 saturated heterocycles. The average molecular weight is 1090 g/mol. The van der Waals surface area contributed by atoms with Crippen LogP contribution in [-0.2, 0) is 52.2 Å². The standard InChI is InChI=1S/C53H86O23/c1-20(2)9-12-30(56)21(3)35-31(72-50-44(66)41(63)38(60)33(74-50)19-68-24(6)55)16-29-27-11-10-25-15-26(13-14-52(25,7)28(27)17-34(57)53(29,35)8)71-51-47(76-49-43(65)40(62)37(59)23(5)70-49)45(67)46(32(18-54)73-51)75-48-42(64)39(61)36(58)22(4)69-48/h10,20-23,26-33,35-51,54,56,58-67H,9,11-19H2,1-8H3/t21-,22+,23+,26+,27-,28+,29+,30+,31+,32-,33-,35+,36+,37+,38-,39-,40-,41+,42-,43-,44-,45+,46-,47-,48+,49+,50-,51-,52+,53-/m1/s1. The molecule has 4 aliphatic heterocycles. The van der Waals surface area contributed by atoms with E-state index < -0.39 is 183 Å². The lowest BCUT2D eigenvalue weighted by Crippen LogP contribution is -2.66. The van der Waals surface area contributed by atoms with Crippen molar-refractivity contribution < 1.29 is 113 Å². The van der Waals surface area contributed by atoms with Crippen molar-refractivity contribution in [3.05, 3.63) is 11.6 Å². The first-order chi connectivity index (χ1) is 35.7. The topological polar surface area (TPSA) is 360 Å². The molecule has 436 valence electrons. The second kappa shape index (κ2) is 23.9. The Morgan fingerprint density at radius 3 is 1.83 bits per heavy atom. The van der Waals surface area contributed by atoms with Crippen molar-refractivity contribution >= 4 is 11.8 Å². The van der Waals surface area contributed by atoms with Crippen LogP contribution in [0.25, 0.3) is 0 Å². The predicted octanol–water partition coefficient (Wildman–Crippen LogP) is -1.57. The average Bonchev–Trinajstić information content (AvgIpc) is 3.70. The third kappa shape index (κ3) is 11.4. The fraction of sp³-hybridized carbons (Fsp3) is 0.925. The third-order valence-corrected chi connectivity index (χ3v) is 19.0. The van der Waals surface area contributed by atoms with Crippen LogP contribution in [0, 0.1) is 46.3 Å². The second-order valence-corrected chi connectivity index (χ2v) is 24.1. The van der Waals surface area contributed by atoms with E-state index in [2.05, 4.69) is 26.8 Å². The number of hydrogen-bond donors (Lipinski definition) is 12. The Morgan fingerprint density at radius 2 is 1.25 bits per heavy atom. The van der Waals surface area contributed by atoms with Crippen LogP contribution in [-0.4, -0.2) is 227 Å². The van der Waals surface area contributed by atoms with Gasteiger partial charge in [0.25, 0.3) is 0 Å². The molecule has 8 aliphatic rings. The molecule has 0 unspecified atom stereocenters. The highest BCUT2D eigenvalue weighted by Crippen LogP contribution is 2.67. The molecule has 0 amide bonds. The maximum absolute atomic E-state index is 15.2. The maximum Gasteiger partial charge on any atom is 0.302 e. The Balaban J connectivity index is 1.04. The lowest BCUT2D eigenvalue weighted by molar-refractivity contribution is -0.388. The summed E-state index contributed by atoms with van der Waals surface area (Å²) in [4.78, 5) is 26.9. The van der Waals surface area contributed by atoms with Crippen LogP contribution in [0.15, 0.2) is 11.6 Å². The number of ketones is 1. The van der Waals surface area contributed by atoms with Gasteiger partial charge in [0.2, 0.25) is 0 Å². The minimum Gasteiger partial charge on any atom is -0.463 e. The van der Waals surface area contributed by atoms with Crippen LogP contribution in [0.2, 0.25) is 0 Å². The Bertz CT molecular complexity index is 2010. The highest BCUT2D eigenvalue weighted by Gasteiger charge is 2.67. The lowest BCUT2D eigenvalue weighted by Gasteiger charge is -2.58. The minimum absolute atomic E-state index is 0.0219. The number of hydrogen-bond acceptors (Lipinski definition) is 23. The molecular formula is C53H86O23. The molecule has 0 bridgehead atoms. The van der Waals surface area contributed by atoms with Crippen LogP contribution in [0.3, 0.4) is 0 Å². The van der Waals surface area contributed by atoms with Gasteiger partial charge in [0.05, 0.1) is 37.1 Å². The summed E-state index contributed by atoms with van der Waals surface area (Å²) in [6, 6.07) is 0. The van der Waals surface area contributed by atoms with Crippen molar-refractivity contribution in [1.82, 2.24) is 0 Å². The third-order valence-electron chi connectivity index (χ3n) is 19.0. The van der Waals surface area contributed by atoms with Gasteiger partial charge in [-0.15, -0.1) is 0 Å². The van der Waals surface area contributed by atoms with Crippen LogP contribution < -0.4 is 0 Å². The summed E-state index contributed by atoms with van der Waals surface area (Å²) in [6.45, 7) is 13.1. The molecule has 30 atom stereocenters. The molecule has 12 N–H and O–H groups in total. The monoisotopic (exact) mass is 1090 g/mol. The molecular weight excluding hydrogens is 1000 g/mol. The van der Waals surface area contributed by atoms with E-state index in [9.17, 15) is 66.1 Å². The van der Waals surface area contributed by atoms with Gasteiger partial charge in [0.1, 0.15) is 97.8 Å². The number of aliphatic hydroxyl groups excluding tert-OH is 12. The van der Waals surface area contributed by atoms with E-state index >= 15 is 4.79 Å². The molecule has 0 aromatic rings. The number of aliphatic hydroxyl groups is 12. The molecule has 4 heterocycles. The number of esters is 1. The van der Waals surface area contributed by atoms with Gasteiger partial charge < -0.3 is 104 Å². The first-order valence-electron chi connectivity index (χ1n) is 27.4. The highest BCUT2D eigenvalue weighted by atomic mass is 16.8. The van der Waals surface area contributed by atoms with Gasteiger partial charge in [-0.1, -0.05) is 46.3 Å². The van der Waals surface area contributed by atoms with Gasteiger partial charge in [-0.2, -0.15) is 0 Å². The minimum atomic E-state index is -1.80. The number of carbonyl (C=O) groups is 2. The van der Waals surface area contributed by atoms with E-state index in [0.29, 0.717) is 44.4 Å². The normalized spacial score (nSPS) is 50.5. The van der Waals surface area contributed by atoms with Crippen molar-refractivity contribution in [2.45, 2.75) is 248 Å². The fourth-order valence-corrected chi connectivity index (χ4v) is 14.3. The van der Waals surface area contributed by atoms with E-state index in [1.165, 1.54) is 20.8 Å². The van der Waals surface area contributed by atoms with Crippen LogP contribution in [0.1, 0.15) is 107 Å². The Kier molecular flexibility index (Phi) is 18.9. The van der Waals surface area contributed by atoms with Crippen molar-refractivity contribution in [2.75, 3.05) is 13.2 Å². The molecule has 0 aromatic heterocycles. The van der Waals surface area contributed by atoms with Gasteiger partial charge in [-0.25, -0.2) is 0 Å². The first kappa shape index (κ1) is 60.2. The Morgan fingerprint density at radius 1 is 0.684 bits per heavy atom. The molecule has 0 radical (unpaired) electrons. The van der Waals surface area contributed by atoms with Gasteiger partial charge in [-0.05, 0) is 93.8 Å². The second-order valence-electron chi connectivity index (χ2n) is 24.1.